The Hall–Kier alpha value is -4.75. The number of rotatable bonds is 2. The summed E-state index contributed by atoms with van der Waals surface area (Å²) in [5.41, 5.74) is -0.314. The summed E-state index contributed by atoms with van der Waals surface area (Å²) < 4.78 is 63.0. The van der Waals surface area contributed by atoms with Crippen molar-refractivity contribution in [3.63, 3.8) is 0 Å². The fraction of sp³-hybridized carbons (Fsp3) is 0.681. The van der Waals surface area contributed by atoms with Gasteiger partial charge in [-0.1, -0.05) is 109 Å². The molecule has 61 heavy (non-hydrogen) atoms. The smallest absolute Gasteiger partial charge is 0.437 e. The summed E-state index contributed by atoms with van der Waals surface area (Å²) in [6, 6.07) is 8.90. The molecular weight excluding hydrogens is 777 g/mol. The lowest BCUT2D eigenvalue weighted by Crippen LogP contribution is -2.45. The predicted molar refractivity (Wildman–Crippen MR) is 240 cm³/mol. The number of benzene rings is 1. The Morgan fingerprint density at radius 3 is 1.77 bits per heavy atom. The Morgan fingerprint density at radius 2 is 1.20 bits per heavy atom. The number of carbonyl (C=O) groups excluding carboxylic acids is 5. The molecule has 0 atom stereocenters. The van der Waals surface area contributed by atoms with Crippen LogP contribution in [0.2, 0.25) is 0 Å². The zero-order chi connectivity index (χ0) is 48.6. The van der Waals surface area contributed by atoms with Crippen LogP contribution in [0.5, 0.6) is 0 Å². The van der Waals surface area contributed by atoms with Gasteiger partial charge in [-0.05, 0) is 89.0 Å². The number of carbonyl (C=O) groups is 5. The Bertz CT molecular complexity index is 1780. The first-order valence-corrected chi connectivity index (χ1v) is 22.0. The SMILES string of the molecule is C.CC.[2H]C([2H])([2H])N1CC(=O)OC2(CCC/C=C/CCCCCC(=O)NC1=NC(=O)OCc1ccccc1)CC2.[2H]C([2H])([2H])N1CC(=O)OC2(CCCCCCCCCCC(=O)NC1=N)CC2. The van der Waals surface area contributed by atoms with E-state index in [0.29, 0.717) is 34.6 Å². The van der Waals surface area contributed by atoms with Gasteiger partial charge in [0.25, 0.3) is 0 Å². The summed E-state index contributed by atoms with van der Waals surface area (Å²) in [4.78, 5) is 67.2. The van der Waals surface area contributed by atoms with E-state index >= 15 is 0 Å². The molecule has 0 radical (unpaired) electrons. The largest absolute Gasteiger partial charge is 0.458 e. The second kappa shape index (κ2) is 28.7. The number of hydrogen-bond donors (Lipinski definition) is 3. The van der Waals surface area contributed by atoms with E-state index < -0.39 is 80.0 Å². The van der Waals surface area contributed by atoms with E-state index in [0.717, 1.165) is 103 Å². The molecule has 1 aromatic rings. The number of aliphatic imine (C=N–C) groups is 1. The summed E-state index contributed by atoms with van der Waals surface area (Å²) in [7, 11) is 0. The van der Waals surface area contributed by atoms with Crippen LogP contribution in [0.15, 0.2) is 47.5 Å². The van der Waals surface area contributed by atoms with Gasteiger partial charge in [0.15, 0.2) is 5.96 Å². The molecule has 4 aliphatic rings. The Labute approximate surface area is 373 Å². The van der Waals surface area contributed by atoms with Crippen molar-refractivity contribution in [3.05, 3.63) is 48.0 Å². The standard InChI is InChI=1S/C26H35N3O5.C18H31N3O3.C2H6.CH4/c1-29-19-23(31)34-26(17-18-26)16-12-7-5-3-2-4-6-11-15-22(30)27-24(29)28-25(32)33-20-21-13-9-8-10-14-21;1-21-14-16(23)24-18(12-13-18)11-9-7-5-3-2-4-6-8-10-15(22)20-17(21)19;1-2;/h3,5,8-10,13-14H,2,4,6-7,11-12,15-20H2,1H3,(H,27,28,30,32);2-14H2,1H3,(H2,19,20,22);1-2H3;1H4/b5-3+;;;/i2*1D3;;. The molecule has 3 N–H and O–H groups in total. The zero-order valence-electron chi connectivity index (χ0n) is 41.8. The van der Waals surface area contributed by atoms with Crippen molar-refractivity contribution < 1.29 is 46.4 Å². The topological polar surface area (TPSA) is 180 Å². The molecule has 3 amide bonds. The van der Waals surface area contributed by atoms with E-state index in [1.807, 2.05) is 19.9 Å². The van der Waals surface area contributed by atoms with Gasteiger partial charge in [-0.25, -0.2) is 4.79 Å². The number of likely N-dealkylation sites (N-methyl/N-ethyl adjacent to an activating group) is 2. The number of amides is 3. The highest BCUT2D eigenvalue weighted by Gasteiger charge is 2.47. The van der Waals surface area contributed by atoms with Crippen LogP contribution in [0.4, 0.5) is 4.79 Å². The van der Waals surface area contributed by atoms with Crippen LogP contribution < -0.4 is 10.6 Å². The van der Waals surface area contributed by atoms with Gasteiger partial charge < -0.3 is 24.0 Å². The lowest BCUT2D eigenvalue weighted by atomic mass is 10.0. The lowest BCUT2D eigenvalue weighted by Gasteiger charge is -2.23. The molecule has 2 aliphatic heterocycles. The third-order valence-corrected chi connectivity index (χ3v) is 10.5. The van der Waals surface area contributed by atoms with E-state index in [1.165, 1.54) is 6.42 Å². The highest BCUT2D eigenvalue weighted by atomic mass is 16.6. The summed E-state index contributed by atoms with van der Waals surface area (Å²) in [5.74, 6) is -3.47. The maximum absolute atomic E-state index is 12.8. The normalized spacial score (nSPS) is 24.1. The minimum Gasteiger partial charge on any atom is -0.458 e. The van der Waals surface area contributed by atoms with Crippen molar-refractivity contribution in [1.29, 1.82) is 5.41 Å². The first kappa shape index (κ1) is 42.9. The van der Waals surface area contributed by atoms with Crippen molar-refractivity contribution in [2.45, 2.75) is 180 Å². The maximum atomic E-state index is 12.8. The Kier molecular flexibility index (Phi) is 20.2. The number of esters is 2. The van der Waals surface area contributed by atoms with Crippen LogP contribution in [0.1, 0.15) is 176 Å². The minimum absolute atomic E-state index is 0. The second-order valence-corrected chi connectivity index (χ2v) is 15.7. The lowest BCUT2D eigenvalue weighted by molar-refractivity contribution is -0.152. The molecule has 14 nitrogen and oxygen atoms in total. The Balaban J connectivity index is 0.000000457. The van der Waals surface area contributed by atoms with Gasteiger partial charge >= 0.3 is 18.0 Å². The van der Waals surface area contributed by atoms with Gasteiger partial charge in [-0.2, -0.15) is 0 Å². The molecular formula is C47H76N6O8. The number of nitrogens with one attached hydrogen (secondary N) is 3. The van der Waals surface area contributed by atoms with Crippen molar-refractivity contribution in [2.75, 3.05) is 27.0 Å². The molecule has 0 aromatic heterocycles. The fourth-order valence-electron chi connectivity index (χ4n) is 6.78. The van der Waals surface area contributed by atoms with E-state index in [2.05, 4.69) is 27.8 Å². The number of hydrogen-bond acceptors (Lipinski definition) is 9. The molecule has 5 rings (SSSR count). The Morgan fingerprint density at radius 1 is 0.705 bits per heavy atom. The predicted octanol–water partition coefficient (Wildman–Crippen LogP) is 9.12. The molecule has 0 bridgehead atoms. The number of nitrogens with zero attached hydrogens (tertiary/aromatic N) is 3. The van der Waals surface area contributed by atoms with Crippen LogP contribution in [0, 0.1) is 5.41 Å². The van der Waals surface area contributed by atoms with Gasteiger partial charge in [-0.15, -0.1) is 4.99 Å². The highest BCUT2D eigenvalue weighted by molar-refractivity contribution is 6.01. The van der Waals surface area contributed by atoms with Crippen LogP contribution in [-0.2, 0) is 40.0 Å². The van der Waals surface area contributed by atoms with Crippen LogP contribution in [0.3, 0.4) is 0 Å². The quantitative estimate of drug-likeness (QED) is 0.148. The van der Waals surface area contributed by atoms with Crippen LogP contribution >= 0.6 is 0 Å². The molecule has 1 aromatic carbocycles. The number of ether oxygens (including phenoxy) is 3. The van der Waals surface area contributed by atoms with Gasteiger partial charge in [0.1, 0.15) is 30.9 Å². The molecule has 2 heterocycles. The van der Waals surface area contributed by atoms with Gasteiger partial charge in [0.05, 0.1) is 0 Å². The van der Waals surface area contributed by atoms with Crippen molar-refractivity contribution in [3.8, 4) is 0 Å². The number of guanidine groups is 2. The van der Waals surface area contributed by atoms with E-state index in [9.17, 15) is 24.0 Å². The molecule has 2 spiro atoms. The summed E-state index contributed by atoms with van der Waals surface area (Å²) >= 11 is 0. The van der Waals surface area contributed by atoms with Crippen molar-refractivity contribution >= 4 is 41.8 Å². The van der Waals surface area contributed by atoms with Crippen LogP contribution in [0.25, 0.3) is 0 Å². The van der Waals surface area contributed by atoms with Crippen LogP contribution in [-0.4, -0.2) is 89.8 Å². The summed E-state index contributed by atoms with van der Waals surface area (Å²) in [6.07, 6.45) is 21.4. The fourth-order valence-corrected chi connectivity index (χ4v) is 6.78. The minimum atomic E-state index is -2.88. The molecule has 0 unspecified atom stereocenters. The second-order valence-electron chi connectivity index (χ2n) is 15.7. The third-order valence-electron chi connectivity index (χ3n) is 10.5. The van der Waals surface area contributed by atoms with E-state index in [4.69, 9.17) is 27.8 Å². The van der Waals surface area contributed by atoms with E-state index in [1.54, 1.807) is 24.3 Å². The molecule has 2 aliphatic carbocycles. The molecule has 14 heteroatoms. The number of allylic oxidation sites excluding steroid dienone is 2. The van der Waals surface area contributed by atoms with Gasteiger partial charge in [0.2, 0.25) is 17.8 Å². The average Bonchev–Trinajstić information content (AvgIpc) is 4.20. The van der Waals surface area contributed by atoms with E-state index in [-0.39, 0.29) is 26.9 Å². The molecule has 342 valence electrons. The molecule has 3 fully saturated rings. The summed E-state index contributed by atoms with van der Waals surface area (Å²) in [5, 5.41) is 12.7. The molecule has 1 saturated heterocycles. The highest BCUT2D eigenvalue weighted by Crippen LogP contribution is 2.45. The molecule has 2 saturated carbocycles. The van der Waals surface area contributed by atoms with Crippen molar-refractivity contribution in [2.24, 2.45) is 4.99 Å². The average molecular weight is 859 g/mol. The zero-order valence-corrected chi connectivity index (χ0v) is 35.8. The van der Waals surface area contributed by atoms with Gasteiger partial charge in [-0.3, -0.25) is 35.2 Å². The first-order valence-electron chi connectivity index (χ1n) is 25.0. The first-order chi connectivity index (χ1) is 31.4. The third kappa shape index (κ3) is 22.1. The summed E-state index contributed by atoms with van der Waals surface area (Å²) in [6.45, 7) is -2.95. The maximum Gasteiger partial charge on any atom is 0.437 e. The monoisotopic (exact) mass is 859 g/mol. The van der Waals surface area contributed by atoms with Gasteiger partial charge in [0, 0.05) is 35.0 Å². The van der Waals surface area contributed by atoms with Crippen molar-refractivity contribution in [1.82, 2.24) is 20.4 Å².